The number of hydrogen-bond donors (Lipinski definition) is 3. The number of allylic oxidation sites excluding steroid dienone is 1. The lowest BCUT2D eigenvalue weighted by atomic mass is 10.0. The highest BCUT2D eigenvalue weighted by Crippen LogP contribution is 2.37. The summed E-state index contributed by atoms with van der Waals surface area (Å²) in [5, 5.41) is 20.1. The van der Waals surface area contributed by atoms with E-state index in [4.69, 9.17) is 0 Å². The van der Waals surface area contributed by atoms with Gasteiger partial charge in [-0.1, -0.05) is 27.2 Å². The third-order valence-electron chi connectivity index (χ3n) is 4.31. The number of halogens is 3. The highest BCUT2D eigenvalue weighted by molar-refractivity contribution is 5.96. The Bertz CT molecular complexity index is 792. The number of benzene rings is 1. The molecule has 0 fully saturated rings. The second-order valence-electron chi connectivity index (χ2n) is 6.42. The lowest BCUT2D eigenvalue weighted by Crippen LogP contribution is -2.48. The van der Waals surface area contributed by atoms with Gasteiger partial charge in [-0.25, -0.2) is 4.99 Å². The summed E-state index contributed by atoms with van der Waals surface area (Å²) in [5.41, 5.74) is -2.00. The van der Waals surface area contributed by atoms with Crippen molar-refractivity contribution in [3.63, 3.8) is 0 Å². The van der Waals surface area contributed by atoms with Gasteiger partial charge in [-0.05, 0) is 37.6 Å². The zero-order chi connectivity index (χ0) is 20.9. The number of guanidine groups is 1. The molecule has 0 amide bonds. The number of nitrogens with zero attached hydrogens (tertiary/aromatic N) is 2. The Kier molecular flexibility index (Phi) is 6.65. The number of rotatable bonds is 7. The zero-order valence-corrected chi connectivity index (χ0v) is 16.0. The normalized spacial score (nSPS) is 19.5. The first-order chi connectivity index (χ1) is 13.1. The fourth-order valence-corrected chi connectivity index (χ4v) is 3.04. The lowest BCUT2D eigenvalue weighted by Gasteiger charge is -2.33. The zero-order valence-electron chi connectivity index (χ0n) is 16.0. The van der Waals surface area contributed by atoms with Crippen molar-refractivity contribution in [2.45, 2.75) is 51.9 Å². The quantitative estimate of drug-likeness (QED) is 0.467. The van der Waals surface area contributed by atoms with Crippen LogP contribution in [0.15, 0.2) is 35.0 Å². The number of anilines is 1. The van der Waals surface area contributed by atoms with Gasteiger partial charge in [0.25, 0.3) is 5.69 Å². The molecule has 3 N–H and O–H groups in total. The monoisotopic (exact) mass is 399 g/mol. The van der Waals surface area contributed by atoms with Gasteiger partial charge in [0.1, 0.15) is 11.2 Å². The van der Waals surface area contributed by atoms with Crippen molar-refractivity contribution >= 4 is 17.3 Å². The Balaban J connectivity index is 2.39. The molecule has 1 aliphatic rings. The van der Waals surface area contributed by atoms with Crippen molar-refractivity contribution < 1.29 is 18.1 Å². The number of nitrogens with one attached hydrogen (secondary N) is 3. The third-order valence-corrected chi connectivity index (χ3v) is 4.31. The topological polar surface area (TPSA) is 91.6 Å². The molecule has 0 aromatic heterocycles. The predicted molar refractivity (Wildman–Crippen MR) is 102 cm³/mol. The fourth-order valence-electron chi connectivity index (χ4n) is 3.04. The largest absolute Gasteiger partial charge is 0.423 e. The van der Waals surface area contributed by atoms with E-state index in [0.717, 1.165) is 30.7 Å². The minimum atomic E-state index is -4.84. The summed E-state index contributed by atoms with van der Waals surface area (Å²) >= 11 is 0. The number of nitro benzene ring substituents is 1. The number of hydrogen-bond acceptors (Lipinski definition) is 6. The molecule has 1 atom stereocenters. The number of alkyl halides is 3. The van der Waals surface area contributed by atoms with Crippen molar-refractivity contribution in [2.75, 3.05) is 11.9 Å². The molecule has 1 aliphatic heterocycles. The van der Waals surface area contributed by atoms with Crippen LogP contribution in [0.5, 0.6) is 0 Å². The second kappa shape index (κ2) is 8.59. The van der Waals surface area contributed by atoms with Gasteiger partial charge >= 0.3 is 6.18 Å². The summed E-state index contributed by atoms with van der Waals surface area (Å²) < 4.78 is 39.6. The van der Waals surface area contributed by atoms with Crippen molar-refractivity contribution in [3.05, 3.63) is 45.6 Å². The average molecular weight is 399 g/mol. The first kappa shape index (κ1) is 21.7. The fraction of sp³-hybridized carbons (Fsp3) is 0.500. The maximum absolute atomic E-state index is 13.2. The molecule has 10 heteroatoms. The van der Waals surface area contributed by atoms with E-state index in [1.54, 1.807) is 0 Å². The van der Waals surface area contributed by atoms with E-state index in [0.29, 0.717) is 13.0 Å². The van der Waals surface area contributed by atoms with E-state index < -0.39 is 28.0 Å². The SMILES string of the molecule is CCCC1=CC(CC)(NCC)N=C(Nc2ccc([N+](=O)[O-])c(C(F)(F)F)c2)N1. The molecule has 2 rings (SSSR count). The van der Waals surface area contributed by atoms with E-state index in [2.05, 4.69) is 20.9 Å². The first-order valence-corrected chi connectivity index (χ1v) is 9.10. The Morgan fingerprint density at radius 1 is 1.29 bits per heavy atom. The van der Waals surface area contributed by atoms with Crippen LogP contribution < -0.4 is 16.0 Å². The van der Waals surface area contributed by atoms with E-state index >= 15 is 0 Å². The Morgan fingerprint density at radius 3 is 2.54 bits per heavy atom. The Hall–Kier alpha value is -2.62. The molecule has 1 unspecified atom stereocenters. The Morgan fingerprint density at radius 2 is 2.00 bits per heavy atom. The van der Waals surface area contributed by atoms with Crippen LogP contribution in [0.3, 0.4) is 0 Å². The maximum Gasteiger partial charge on any atom is 0.423 e. The second-order valence-corrected chi connectivity index (χ2v) is 6.42. The van der Waals surface area contributed by atoms with E-state index in [9.17, 15) is 23.3 Å². The van der Waals surface area contributed by atoms with Crippen molar-refractivity contribution in [2.24, 2.45) is 4.99 Å². The number of aliphatic imine (C=N–C) groups is 1. The molecule has 0 saturated heterocycles. The van der Waals surface area contributed by atoms with E-state index in [1.807, 2.05) is 26.8 Å². The van der Waals surface area contributed by atoms with Crippen LogP contribution in [0.2, 0.25) is 0 Å². The molecule has 7 nitrogen and oxygen atoms in total. The first-order valence-electron chi connectivity index (χ1n) is 9.10. The van der Waals surface area contributed by atoms with E-state index in [1.165, 1.54) is 6.07 Å². The van der Waals surface area contributed by atoms with Gasteiger partial charge in [0.2, 0.25) is 5.96 Å². The van der Waals surface area contributed by atoms with Gasteiger partial charge in [-0.2, -0.15) is 13.2 Å². The summed E-state index contributed by atoms with van der Waals surface area (Å²) in [6.07, 6.45) is -0.570. The molecule has 0 aliphatic carbocycles. The molecule has 154 valence electrons. The molecule has 0 spiro atoms. The smallest absolute Gasteiger partial charge is 0.330 e. The predicted octanol–water partition coefficient (Wildman–Crippen LogP) is 4.38. The van der Waals surface area contributed by atoms with Crippen molar-refractivity contribution in [3.8, 4) is 0 Å². The number of likely N-dealkylation sites (N-methyl/N-ethyl adjacent to an activating group) is 1. The molecular weight excluding hydrogens is 375 g/mol. The molecular formula is C18H24F3N5O2. The average Bonchev–Trinajstić information content (AvgIpc) is 2.61. The highest BCUT2D eigenvalue weighted by Gasteiger charge is 2.38. The summed E-state index contributed by atoms with van der Waals surface area (Å²) in [6, 6.07) is 2.80. The van der Waals surface area contributed by atoms with E-state index in [-0.39, 0.29) is 11.6 Å². The van der Waals surface area contributed by atoms with Gasteiger partial charge in [0.05, 0.1) is 4.92 Å². The van der Waals surface area contributed by atoms with Crippen LogP contribution >= 0.6 is 0 Å². The minimum Gasteiger partial charge on any atom is -0.330 e. The van der Waals surface area contributed by atoms with Crippen LogP contribution in [0.1, 0.15) is 45.6 Å². The van der Waals surface area contributed by atoms with Crippen LogP contribution in [-0.4, -0.2) is 23.1 Å². The van der Waals surface area contributed by atoms with Gasteiger partial charge in [0, 0.05) is 17.5 Å². The molecule has 28 heavy (non-hydrogen) atoms. The van der Waals surface area contributed by atoms with Gasteiger partial charge in [0.15, 0.2) is 0 Å². The highest BCUT2D eigenvalue weighted by atomic mass is 19.4. The summed E-state index contributed by atoms with van der Waals surface area (Å²) in [4.78, 5) is 14.5. The van der Waals surface area contributed by atoms with Gasteiger partial charge in [-0.15, -0.1) is 0 Å². The van der Waals surface area contributed by atoms with Crippen molar-refractivity contribution in [1.29, 1.82) is 0 Å². The molecule has 1 heterocycles. The Labute approximate surface area is 161 Å². The minimum absolute atomic E-state index is 0.0587. The van der Waals surface area contributed by atoms with Crippen LogP contribution in [0.4, 0.5) is 24.5 Å². The van der Waals surface area contributed by atoms with Crippen LogP contribution in [0.25, 0.3) is 0 Å². The molecule has 0 bridgehead atoms. The summed E-state index contributed by atoms with van der Waals surface area (Å²) in [6.45, 7) is 6.59. The van der Waals surface area contributed by atoms with Crippen LogP contribution in [-0.2, 0) is 6.18 Å². The molecule has 1 aromatic rings. The van der Waals surface area contributed by atoms with Crippen LogP contribution in [0, 0.1) is 10.1 Å². The third kappa shape index (κ3) is 5.00. The summed E-state index contributed by atoms with van der Waals surface area (Å²) in [5.74, 6) is 0.288. The number of nitro groups is 1. The van der Waals surface area contributed by atoms with Gasteiger partial charge < -0.3 is 10.6 Å². The molecule has 1 aromatic carbocycles. The van der Waals surface area contributed by atoms with Crippen molar-refractivity contribution in [1.82, 2.24) is 10.6 Å². The summed E-state index contributed by atoms with van der Waals surface area (Å²) in [7, 11) is 0. The lowest BCUT2D eigenvalue weighted by molar-refractivity contribution is -0.388. The maximum atomic E-state index is 13.2. The van der Waals surface area contributed by atoms with Gasteiger partial charge in [-0.3, -0.25) is 15.4 Å². The standard InChI is InChI=1S/C18H24F3N5O2/c1-4-7-13-11-17(5-2,22-6-3)25-16(24-13)23-12-8-9-15(26(27)28)14(10-12)18(19,20)21/h8-11,22H,4-7H2,1-3H3,(H2,23,24,25). The molecule has 0 saturated carbocycles. The molecule has 0 radical (unpaired) electrons.